The predicted octanol–water partition coefficient (Wildman–Crippen LogP) is 4.32. The monoisotopic (exact) mass is 411 g/mol. The van der Waals surface area contributed by atoms with Crippen molar-refractivity contribution in [1.82, 2.24) is 4.90 Å². The molecule has 3 rings (SSSR count). The Morgan fingerprint density at radius 3 is 2.07 bits per heavy atom. The van der Waals surface area contributed by atoms with Crippen LogP contribution in [-0.2, 0) is 32.2 Å². The van der Waals surface area contributed by atoms with Gasteiger partial charge >= 0.3 is 12.1 Å². The molecule has 6 nitrogen and oxygen atoms in total. The van der Waals surface area contributed by atoms with Crippen LogP contribution in [0.4, 0.5) is 4.79 Å². The smallest absolute Gasteiger partial charge is 0.411 e. The Balaban J connectivity index is 1.64. The Hall–Kier alpha value is -2.86. The Labute approximate surface area is 177 Å². The first-order chi connectivity index (χ1) is 14.3. The molecule has 2 aromatic carbocycles. The van der Waals surface area contributed by atoms with Crippen molar-refractivity contribution >= 4 is 12.1 Å². The van der Waals surface area contributed by atoms with E-state index in [0.717, 1.165) is 11.1 Å². The quantitative estimate of drug-likeness (QED) is 0.662. The van der Waals surface area contributed by atoms with Gasteiger partial charge in [-0.2, -0.15) is 0 Å². The SMILES string of the molecule is CC(C)(C)OC(=O)N1C[C@@H](OCc2ccccc2)C[C@H]1C(=O)OCc1ccccc1. The zero-order chi connectivity index (χ0) is 21.6. The first-order valence-corrected chi connectivity index (χ1v) is 10.2. The summed E-state index contributed by atoms with van der Waals surface area (Å²) in [5.74, 6) is -0.449. The van der Waals surface area contributed by atoms with Crippen molar-refractivity contribution < 1.29 is 23.8 Å². The van der Waals surface area contributed by atoms with Gasteiger partial charge in [0.1, 0.15) is 18.2 Å². The van der Waals surface area contributed by atoms with Gasteiger partial charge < -0.3 is 14.2 Å². The number of hydrogen-bond donors (Lipinski definition) is 0. The van der Waals surface area contributed by atoms with E-state index < -0.39 is 23.7 Å². The molecule has 1 saturated heterocycles. The summed E-state index contributed by atoms with van der Waals surface area (Å²) in [6.07, 6.45) is -0.429. The lowest BCUT2D eigenvalue weighted by molar-refractivity contribution is -0.150. The van der Waals surface area contributed by atoms with E-state index in [1.165, 1.54) is 4.90 Å². The number of carbonyl (C=O) groups excluding carboxylic acids is 2. The van der Waals surface area contributed by atoms with Gasteiger partial charge in [-0.3, -0.25) is 4.90 Å². The summed E-state index contributed by atoms with van der Waals surface area (Å²) in [6.45, 7) is 6.26. The maximum Gasteiger partial charge on any atom is 0.411 e. The topological polar surface area (TPSA) is 65.1 Å². The second-order valence-corrected chi connectivity index (χ2v) is 8.40. The number of hydrogen-bond acceptors (Lipinski definition) is 5. The first kappa shape index (κ1) is 21.8. The molecule has 0 bridgehead atoms. The molecule has 0 radical (unpaired) electrons. The Bertz CT molecular complexity index is 832. The van der Waals surface area contributed by atoms with E-state index in [-0.39, 0.29) is 19.3 Å². The fourth-order valence-corrected chi connectivity index (χ4v) is 3.28. The van der Waals surface area contributed by atoms with Gasteiger partial charge in [-0.05, 0) is 31.9 Å². The van der Waals surface area contributed by atoms with Crippen LogP contribution in [0.1, 0.15) is 38.3 Å². The number of ether oxygens (including phenoxy) is 3. The number of likely N-dealkylation sites (tertiary alicyclic amines) is 1. The summed E-state index contributed by atoms with van der Waals surface area (Å²) >= 11 is 0. The summed E-state index contributed by atoms with van der Waals surface area (Å²) in [5.41, 5.74) is 1.28. The lowest BCUT2D eigenvalue weighted by Crippen LogP contribution is -2.44. The van der Waals surface area contributed by atoms with Crippen LogP contribution in [0.3, 0.4) is 0 Å². The van der Waals surface area contributed by atoms with Crippen LogP contribution in [0, 0.1) is 0 Å². The number of nitrogens with zero attached hydrogens (tertiary/aromatic N) is 1. The van der Waals surface area contributed by atoms with E-state index in [1.807, 2.05) is 60.7 Å². The van der Waals surface area contributed by atoms with Gasteiger partial charge in [-0.15, -0.1) is 0 Å². The molecular formula is C24H29NO5. The molecule has 1 aliphatic rings. The van der Waals surface area contributed by atoms with Gasteiger partial charge in [0.05, 0.1) is 19.3 Å². The van der Waals surface area contributed by atoms with E-state index >= 15 is 0 Å². The van der Waals surface area contributed by atoms with Crippen molar-refractivity contribution in [3.63, 3.8) is 0 Å². The molecule has 0 spiro atoms. The molecule has 2 aromatic rings. The second kappa shape index (κ2) is 9.76. The van der Waals surface area contributed by atoms with Crippen molar-refractivity contribution in [3.8, 4) is 0 Å². The van der Waals surface area contributed by atoms with Gasteiger partial charge in [-0.1, -0.05) is 60.7 Å². The fourth-order valence-electron chi connectivity index (χ4n) is 3.28. The average Bonchev–Trinajstić information content (AvgIpc) is 3.15. The van der Waals surface area contributed by atoms with Crippen LogP contribution in [0.5, 0.6) is 0 Å². The highest BCUT2D eigenvalue weighted by molar-refractivity contribution is 5.82. The minimum atomic E-state index is -0.732. The lowest BCUT2D eigenvalue weighted by Gasteiger charge is -2.27. The van der Waals surface area contributed by atoms with E-state index in [1.54, 1.807) is 20.8 Å². The van der Waals surface area contributed by atoms with Gasteiger partial charge in [0.25, 0.3) is 0 Å². The maximum absolute atomic E-state index is 12.8. The normalized spacial score (nSPS) is 18.8. The van der Waals surface area contributed by atoms with Crippen LogP contribution in [-0.4, -0.2) is 41.3 Å². The first-order valence-electron chi connectivity index (χ1n) is 10.2. The number of esters is 1. The van der Waals surface area contributed by atoms with Crippen LogP contribution < -0.4 is 0 Å². The van der Waals surface area contributed by atoms with E-state index in [4.69, 9.17) is 14.2 Å². The van der Waals surface area contributed by atoms with Crippen LogP contribution in [0.15, 0.2) is 60.7 Å². The molecular weight excluding hydrogens is 382 g/mol. The van der Waals surface area contributed by atoms with Crippen LogP contribution in [0.25, 0.3) is 0 Å². The third-order valence-electron chi connectivity index (χ3n) is 4.72. The summed E-state index contributed by atoms with van der Waals surface area (Å²) in [5, 5.41) is 0. The van der Waals surface area contributed by atoms with Crippen molar-refractivity contribution in [2.75, 3.05) is 6.54 Å². The molecule has 1 heterocycles. The minimum Gasteiger partial charge on any atom is -0.459 e. The summed E-state index contributed by atoms with van der Waals surface area (Å²) in [4.78, 5) is 26.9. The van der Waals surface area contributed by atoms with Crippen molar-refractivity contribution in [1.29, 1.82) is 0 Å². The van der Waals surface area contributed by atoms with E-state index in [0.29, 0.717) is 13.0 Å². The highest BCUT2D eigenvalue weighted by atomic mass is 16.6. The minimum absolute atomic E-state index is 0.161. The van der Waals surface area contributed by atoms with Crippen molar-refractivity contribution in [3.05, 3.63) is 71.8 Å². The second-order valence-electron chi connectivity index (χ2n) is 8.40. The zero-order valence-electron chi connectivity index (χ0n) is 17.7. The van der Waals surface area contributed by atoms with E-state index in [2.05, 4.69) is 0 Å². The predicted molar refractivity (Wildman–Crippen MR) is 113 cm³/mol. The van der Waals surface area contributed by atoms with E-state index in [9.17, 15) is 9.59 Å². The number of carbonyl (C=O) groups is 2. The fraction of sp³-hybridized carbons (Fsp3) is 0.417. The highest BCUT2D eigenvalue weighted by Gasteiger charge is 2.43. The molecule has 0 N–H and O–H groups in total. The average molecular weight is 411 g/mol. The summed E-state index contributed by atoms with van der Waals surface area (Å²) in [6, 6.07) is 18.5. The molecule has 6 heteroatoms. The van der Waals surface area contributed by atoms with Crippen molar-refractivity contribution in [2.24, 2.45) is 0 Å². The molecule has 0 aromatic heterocycles. The number of benzene rings is 2. The largest absolute Gasteiger partial charge is 0.459 e. The van der Waals surface area contributed by atoms with Gasteiger partial charge in [0, 0.05) is 6.42 Å². The van der Waals surface area contributed by atoms with Crippen LogP contribution in [0.2, 0.25) is 0 Å². The third-order valence-corrected chi connectivity index (χ3v) is 4.72. The molecule has 1 fully saturated rings. The Morgan fingerprint density at radius 1 is 0.933 bits per heavy atom. The Kier molecular flexibility index (Phi) is 7.11. The standard InChI is InChI=1S/C24H29NO5/c1-24(2,3)30-23(27)25-15-20(28-16-18-10-6-4-7-11-18)14-21(25)22(26)29-17-19-12-8-5-9-13-19/h4-13,20-21H,14-17H2,1-3H3/t20-,21-/m0/s1. The molecule has 0 unspecified atom stereocenters. The molecule has 2 atom stereocenters. The maximum atomic E-state index is 12.8. The molecule has 1 amide bonds. The summed E-state index contributed by atoms with van der Waals surface area (Å²) in [7, 11) is 0. The number of rotatable bonds is 6. The van der Waals surface area contributed by atoms with Crippen LogP contribution >= 0.6 is 0 Å². The lowest BCUT2D eigenvalue weighted by atomic mass is 10.2. The molecule has 0 saturated carbocycles. The molecule has 160 valence electrons. The van der Waals surface area contributed by atoms with Gasteiger partial charge in [-0.25, -0.2) is 9.59 Å². The third kappa shape index (κ3) is 6.32. The number of amides is 1. The summed E-state index contributed by atoms with van der Waals surface area (Å²) < 4.78 is 17.0. The molecule has 1 aliphatic heterocycles. The Morgan fingerprint density at radius 2 is 1.50 bits per heavy atom. The van der Waals surface area contributed by atoms with Crippen molar-refractivity contribution in [2.45, 2.75) is 58.2 Å². The van der Waals surface area contributed by atoms with Gasteiger partial charge in [0.2, 0.25) is 0 Å². The molecule has 30 heavy (non-hydrogen) atoms. The zero-order valence-corrected chi connectivity index (χ0v) is 17.7. The molecule has 0 aliphatic carbocycles. The van der Waals surface area contributed by atoms with Gasteiger partial charge in [0.15, 0.2) is 0 Å². The highest BCUT2D eigenvalue weighted by Crippen LogP contribution is 2.25.